The highest BCUT2D eigenvalue weighted by atomic mass is 79.9. The average Bonchev–Trinajstić information content (AvgIpc) is 2.80. The zero-order valence-corrected chi connectivity index (χ0v) is 13.1. The van der Waals surface area contributed by atoms with Gasteiger partial charge in [-0.1, -0.05) is 0 Å². The van der Waals surface area contributed by atoms with Crippen LogP contribution in [0.1, 0.15) is 30.0 Å². The van der Waals surface area contributed by atoms with Gasteiger partial charge in [0.2, 0.25) is 0 Å². The van der Waals surface area contributed by atoms with Gasteiger partial charge in [0.25, 0.3) is 0 Å². The molecule has 22 heavy (non-hydrogen) atoms. The van der Waals surface area contributed by atoms with Gasteiger partial charge >= 0.3 is 6.09 Å². The number of amides is 1. The Hall–Kier alpha value is -2.34. The molecular weight excluding hydrogens is 352 g/mol. The van der Waals surface area contributed by atoms with Crippen molar-refractivity contribution >= 4 is 33.4 Å². The summed E-state index contributed by atoms with van der Waals surface area (Å²) in [5.41, 5.74) is 7.72. The minimum absolute atomic E-state index is 0.0540. The van der Waals surface area contributed by atoms with Crippen LogP contribution in [0.2, 0.25) is 0 Å². The lowest BCUT2D eigenvalue weighted by Crippen LogP contribution is -2.37. The van der Waals surface area contributed by atoms with E-state index in [4.69, 9.17) is 10.8 Å². The molecule has 2 aromatic rings. The first-order chi connectivity index (χ1) is 10.5. The molecule has 0 aliphatic carbocycles. The minimum atomic E-state index is -0.910. The summed E-state index contributed by atoms with van der Waals surface area (Å²) in [5.74, 6) is 0.353. The molecule has 0 spiro atoms. The Kier molecular flexibility index (Phi) is 3.62. The normalized spacial score (nSPS) is 15.9. The zero-order valence-electron chi connectivity index (χ0n) is 11.5. The number of nitriles is 1. The van der Waals surface area contributed by atoms with Crippen LogP contribution in [0.5, 0.6) is 0 Å². The Morgan fingerprint density at radius 2 is 2.18 bits per heavy atom. The van der Waals surface area contributed by atoms with Crippen LogP contribution in [0, 0.1) is 11.3 Å². The van der Waals surface area contributed by atoms with Crippen molar-refractivity contribution in [1.82, 2.24) is 19.5 Å². The number of nitrogens with two attached hydrogens (primary N) is 1. The maximum atomic E-state index is 11.0. The van der Waals surface area contributed by atoms with Gasteiger partial charge in [0.15, 0.2) is 5.82 Å². The highest BCUT2D eigenvalue weighted by Crippen LogP contribution is 2.38. The van der Waals surface area contributed by atoms with E-state index in [0.717, 1.165) is 5.69 Å². The van der Waals surface area contributed by atoms with E-state index in [0.29, 0.717) is 47.3 Å². The number of nitrogen functional groups attached to an aromatic ring is 1. The van der Waals surface area contributed by atoms with Crippen LogP contribution < -0.4 is 5.73 Å². The van der Waals surface area contributed by atoms with Gasteiger partial charge < -0.3 is 15.7 Å². The number of aromatic nitrogens is 3. The standard InChI is InChI=1S/C13H13BrN6O2/c14-9-8(5-15)10(20-11(9)12(16)17-6-18-20)7-1-3-19(4-2-7)13(21)22/h6-7H,1-4H2,(H,21,22)(H2,16,17,18). The van der Waals surface area contributed by atoms with Crippen LogP contribution in [0.25, 0.3) is 5.52 Å². The van der Waals surface area contributed by atoms with Crippen LogP contribution in [-0.2, 0) is 0 Å². The van der Waals surface area contributed by atoms with E-state index in [-0.39, 0.29) is 5.92 Å². The third-order valence-corrected chi connectivity index (χ3v) is 4.77. The molecule has 2 aromatic heterocycles. The number of carbonyl (C=O) groups is 1. The third kappa shape index (κ3) is 2.16. The minimum Gasteiger partial charge on any atom is -0.465 e. The zero-order chi connectivity index (χ0) is 15.9. The number of rotatable bonds is 1. The Bertz CT molecular complexity index is 788. The molecule has 8 nitrogen and oxygen atoms in total. The molecular formula is C13H13BrN6O2. The molecule has 0 bridgehead atoms. The quantitative estimate of drug-likeness (QED) is 0.795. The largest absolute Gasteiger partial charge is 0.465 e. The lowest BCUT2D eigenvalue weighted by Gasteiger charge is -2.29. The topological polar surface area (TPSA) is 121 Å². The fourth-order valence-corrected chi connectivity index (χ4v) is 3.58. The highest BCUT2D eigenvalue weighted by Gasteiger charge is 2.30. The number of piperidine rings is 1. The number of hydrogen-bond donors (Lipinski definition) is 2. The Balaban J connectivity index is 2.07. The average molecular weight is 365 g/mol. The molecule has 0 atom stereocenters. The number of fused-ring (bicyclic) bond motifs is 1. The number of anilines is 1. The van der Waals surface area contributed by atoms with E-state index >= 15 is 0 Å². The second-order valence-electron chi connectivity index (χ2n) is 5.14. The van der Waals surface area contributed by atoms with Gasteiger partial charge in [0.05, 0.1) is 15.7 Å². The molecule has 1 amide bonds. The fourth-order valence-electron chi connectivity index (χ4n) is 2.92. The van der Waals surface area contributed by atoms with E-state index < -0.39 is 6.09 Å². The first-order valence-electron chi connectivity index (χ1n) is 6.73. The summed E-state index contributed by atoms with van der Waals surface area (Å²) < 4.78 is 2.23. The summed E-state index contributed by atoms with van der Waals surface area (Å²) in [7, 11) is 0. The van der Waals surface area contributed by atoms with E-state index in [1.54, 1.807) is 4.52 Å². The molecule has 0 aromatic carbocycles. The van der Waals surface area contributed by atoms with Crippen molar-refractivity contribution in [2.24, 2.45) is 0 Å². The van der Waals surface area contributed by atoms with Crippen LogP contribution in [0.3, 0.4) is 0 Å². The summed E-state index contributed by atoms with van der Waals surface area (Å²) >= 11 is 3.41. The fraction of sp³-hybridized carbons (Fsp3) is 0.385. The Morgan fingerprint density at radius 1 is 1.50 bits per heavy atom. The van der Waals surface area contributed by atoms with Crippen LogP contribution in [0.15, 0.2) is 10.8 Å². The summed E-state index contributed by atoms with van der Waals surface area (Å²) in [6.07, 6.45) is 1.73. The molecule has 1 fully saturated rings. The summed E-state index contributed by atoms with van der Waals surface area (Å²) in [5, 5.41) is 22.7. The van der Waals surface area contributed by atoms with Crippen LogP contribution in [-0.4, -0.2) is 43.8 Å². The molecule has 1 saturated heterocycles. The maximum Gasteiger partial charge on any atom is 0.407 e. The molecule has 114 valence electrons. The van der Waals surface area contributed by atoms with Crippen LogP contribution >= 0.6 is 15.9 Å². The molecule has 0 radical (unpaired) electrons. The van der Waals surface area contributed by atoms with Crippen molar-refractivity contribution in [3.63, 3.8) is 0 Å². The molecule has 9 heteroatoms. The predicted octanol–water partition coefficient (Wildman–Crippen LogP) is 1.80. The van der Waals surface area contributed by atoms with E-state index in [1.807, 2.05) is 0 Å². The number of carboxylic acid groups (broad SMARTS) is 1. The maximum absolute atomic E-state index is 11.0. The summed E-state index contributed by atoms with van der Waals surface area (Å²) in [4.78, 5) is 16.3. The SMILES string of the molecule is N#Cc1c(Br)c2c(N)ncnn2c1C1CCN(C(=O)O)CC1. The monoisotopic (exact) mass is 364 g/mol. The van der Waals surface area contributed by atoms with Gasteiger partial charge in [0, 0.05) is 19.0 Å². The Labute approximate surface area is 134 Å². The first-order valence-corrected chi connectivity index (χ1v) is 7.52. The molecule has 0 unspecified atom stereocenters. The van der Waals surface area contributed by atoms with E-state index in [9.17, 15) is 10.1 Å². The van der Waals surface area contributed by atoms with Gasteiger partial charge in [-0.3, -0.25) is 0 Å². The second-order valence-corrected chi connectivity index (χ2v) is 5.93. The van der Waals surface area contributed by atoms with Crippen molar-refractivity contribution < 1.29 is 9.90 Å². The van der Waals surface area contributed by atoms with Gasteiger partial charge in [-0.2, -0.15) is 10.4 Å². The smallest absolute Gasteiger partial charge is 0.407 e. The Morgan fingerprint density at radius 3 is 2.77 bits per heavy atom. The highest BCUT2D eigenvalue weighted by molar-refractivity contribution is 9.10. The lowest BCUT2D eigenvalue weighted by molar-refractivity contribution is 0.131. The summed E-state index contributed by atoms with van der Waals surface area (Å²) in [6.45, 7) is 0.882. The molecule has 3 heterocycles. The van der Waals surface area contributed by atoms with Crippen molar-refractivity contribution in [2.45, 2.75) is 18.8 Å². The molecule has 3 rings (SSSR count). The second kappa shape index (κ2) is 5.46. The van der Waals surface area contributed by atoms with Gasteiger partial charge in [-0.15, -0.1) is 0 Å². The van der Waals surface area contributed by atoms with Crippen molar-refractivity contribution in [1.29, 1.82) is 5.26 Å². The van der Waals surface area contributed by atoms with Crippen LogP contribution in [0.4, 0.5) is 10.6 Å². The lowest BCUT2D eigenvalue weighted by atomic mass is 9.92. The van der Waals surface area contributed by atoms with E-state index in [1.165, 1.54) is 11.2 Å². The first kappa shape index (κ1) is 14.6. The predicted molar refractivity (Wildman–Crippen MR) is 81.4 cm³/mol. The van der Waals surface area contributed by atoms with Crippen molar-refractivity contribution in [3.05, 3.63) is 22.1 Å². The molecule has 1 aliphatic rings. The number of hydrogen-bond acceptors (Lipinski definition) is 5. The molecule has 3 N–H and O–H groups in total. The van der Waals surface area contributed by atoms with Gasteiger partial charge in [-0.05, 0) is 28.8 Å². The number of halogens is 1. The molecule has 1 aliphatic heterocycles. The third-order valence-electron chi connectivity index (χ3n) is 3.99. The van der Waals surface area contributed by atoms with Gasteiger partial charge in [-0.25, -0.2) is 14.3 Å². The van der Waals surface area contributed by atoms with Crippen molar-refractivity contribution in [3.8, 4) is 6.07 Å². The number of nitrogens with zero attached hydrogens (tertiary/aromatic N) is 5. The van der Waals surface area contributed by atoms with E-state index in [2.05, 4.69) is 32.1 Å². The van der Waals surface area contributed by atoms with Gasteiger partial charge in [0.1, 0.15) is 17.9 Å². The molecule has 0 saturated carbocycles. The summed E-state index contributed by atoms with van der Waals surface area (Å²) in [6, 6.07) is 2.19. The number of likely N-dealkylation sites (tertiary alicyclic amines) is 1. The van der Waals surface area contributed by atoms with Crippen molar-refractivity contribution in [2.75, 3.05) is 18.8 Å².